The number of benzene rings is 2. The summed E-state index contributed by atoms with van der Waals surface area (Å²) in [7, 11) is 1.73. The van der Waals surface area contributed by atoms with Crippen LogP contribution in [0.25, 0.3) is 0 Å². The van der Waals surface area contributed by atoms with Crippen molar-refractivity contribution in [3.63, 3.8) is 0 Å². The van der Waals surface area contributed by atoms with Crippen molar-refractivity contribution < 1.29 is 9.53 Å². The van der Waals surface area contributed by atoms with Crippen LogP contribution in [-0.4, -0.2) is 53.9 Å². The molecule has 6 heteroatoms. The van der Waals surface area contributed by atoms with Crippen LogP contribution in [-0.2, 0) is 4.79 Å². The monoisotopic (exact) mass is 388 g/mol. The van der Waals surface area contributed by atoms with Crippen LogP contribution < -0.4 is 4.74 Å². The minimum atomic E-state index is -0.792. The molecule has 6 nitrogen and oxygen atoms in total. The number of nitriles is 1. The lowest BCUT2D eigenvalue weighted by molar-refractivity contribution is -0.138. The molecule has 2 aromatic carbocycles. The molecule has 2 unspecified atom stereocenters. The topological polar surface area (TPSA) is 68.9 Å². The van der Waals surface area contributed by atoms with Crippen molar-refractivity contribution in [3.05, 3.63) is 65.7 Å². The van der Waals surface area contributed by atoms with Crippen LogP contribution in [0.15, 0.2) is 59.6 Å². The molecule has 0 N–H and O–H groups in total. The number of piperidine rings is 1. The molecule has 1 saturated heterocycles. The average molecular weight is 388 g/mol. The zero-order valence-corrected chi connectivity index (χ0v) is 16.5. The van der Waals surface area contributed by atoms with Crippen LogP contribution in [0.4, 0.5) is 0 Å². The maximum atomic E-state index is 13.4. The summed E-state index contributed by atoms with van der Waals surface area (Å²) in [4.78, 5) is 22.2. The molecular formula is C23H24N4O2. The number of ether oxygens (including phenoxy) is 1. The zero-order chi connectivity index (χ0) is 20.2. The molecule has 0 radical (unpaired) electrons. The molecule has 0 bridgehead atoms. The van der Waals surface area contributed by atoms with E-state index in [0.29, 0.717) is 17.1 Å². The second kappa shape index (κ2) is 8.46. The fraction of sp³-hybridized carbons (Fsp3) is 0.348. The van der Waals surface area contributed by atoms with Crippen molar-refractivity contribution in [2.45, 2.75) is 31.5 Å². The van der Waals surface area contributed by atoms with E-state index < -0.39 is 12.3 Å². The number of para-hydroxylation sites is 1. The number of carbonyl (C=O) groups is 1. The van der Waals surface area contributed by atoms with Gasteiger partial charge in [-0.3, -0.25) is 14.6 Å². The number of likely N-dealkylation sites (N-methyl/N-ethyl adjacent to an activating group) is 1. The summed E-state index contributed by atoms with van der Waals surface area (Å²) >= 11 is 0. The predicted octanol–water partition coefficient (Wildman–Crippen LogP) is 3.04. The predicted molar refractivity (Wildman–Crippen MR) is 111 cm³/mol. The minimum Gasteiger partial charge on any atom is -0.475 e. The second-order valence-corrected chi connectivity index (χ2v) is 7.37. The summed E-state index contributed by atoms with van der Waals surface area (Å²) < 4.78 is 6.15. The first kappa shape index (κ1) is 19.2. The molecule has 0 aliphatic carbocycles. The van der Waals surface area contributed by atoms with Crippen molar-refractivity contribution in [1.29, 1.82) is 5.26 Å². The molecular weight excluding hydrogens is 364 g/mol. The van der Waals surface area contributed by atoms with Crippen LogP contribution in [0.3, 0.4) is 0 Å². The SMILES string of the molecule is CN1C(=O)C(Oc2ccccc2C#N)C(N2CCCCC2)N=C1c1ccccc1. The van der Waals surface area contributed by atoms with Gasteiger partial charge in [0.05, 0.1) is 5.56 Å². The highest BCUT2D eigenvalue weighted by Gasteiger charge is 2.42. The summed E-state index contributed by atoms with van der Waals surface area (Å²) in [5.41, 5.74) is 1.32. The first-order valence-electron chi connectivity index (χ1n) is 9.99. The van der Waals surface area contributed by atoms with Crippen molar-refractivity contribution in [2.24, 2.45) is 4.99 Å². The van der Waals surface area contributed by atoms with E-state index in [-0.39, 0.29) is 5.91 Å². The second-order valence-electron chi connectivity index (χ2n) is 7.37. The summed E-state index contributed by atoms with van der Waals surface area (Å²) in [6, 6.07) is 18.9. The number of hydrogen-bond donors (Lipinski definition) is 0. The molecule has 2 aliphatic heterocycles. The molecule has 29 heavy (non-hydrogen) atoms. The fourth-order valence-corrected chi connectivity index (χ4v) is 3.92. The summed E-state index contributed by atoms with van der Waals surface area (Å²) in [5, 5.41) is 9.41. The van der Waals surface area contributed by atoms with Gasteiger partial charge in [0.25, 0.3) is 5.91 Å². The van der Waals surface area contributed by atoms with E-state index in [1.807, 2.05) is 36.4 Å². The van der Waals surface area contributed by atoms with E-state index in [0.717, 1.165) is 31.5 Å². The van der Waals surface area contributed by atoms with Crippen LogP contribution in [0, 0.1) is 11.3 Å². The number of amidine groups is 1. The Morgan fingerprint density at radius 3 is 2.45 bits per heavy atom. The van der Waals surface area contributed by atoms with Gasteiger partial charge in [-0.15, -0.1) is 0 Å². The lowest BCUT2D eigenvalue weighted by Crippen LogP contribution is -2.59. The third kappa shape index (κ3) is 3.87. The van der Waals surface area contributed by atoms with Crippen LogP contribution in [0.1, 0.15) is 30.4 Å². The van der Waals surface area contributed by atoms with Gasteiger partial charge in [-0.25, -0.2) is 4.99 Å². The number of hydrogen-bond acceptors (Lipinski definition) is 5. The number of aliphatic imine (C=N–C) groups is 1. The van der Waals surface area contributed by atoms with Gasteiger partial charge in [0.2, 0.25) is 6.10 Å². The number of carbonyl (C=O) groups excluding carboxylic acids is 1. The number of nitrogens with zero attached hydrogens (tertiary/aromatic N) is 4. The minimum absolute atomic E-state index is 0.151. The fourth-order valence-electron chi connectivity index (χ4n) is 3.92. The normalized spacial score (nSPS) is 22.7. The molecule has 148 valence electrons. The highest BCUT2D eigenvalue weighted by molar-refractivity contribution is 6.10. The third-order valence-electron chi connectivity index (χ3n) is 5.48. The summed E-state index contributed by atoms with van der Waals surface area (Å²) in [5.74, 6) is 0.920. The van der Waals surface area contributed by atoms with Gasteiger partial charge in [-0.1, -0.05) is 48.9 Å². The van der Waals surface area contributed by atoms with Crippen LogP contribution in [0.5, 0.6) is 5.75 Å². The Kier molecular flexibility index (Phi) is 5.59. The zero-order valence-electron chi connectivity index (χ0n) is 16.5. The van der Waals surface area contributed by atoms with Gasteiger partial charge in [0.15, 0.2) is 6.17 Å². The average Bonchev–Trinajstić information content (AvgIpc) is 2.78. The lowest BCUT2D eigenvalue weighted by Gasteiger charge is -2.41. The van der Waals surface area contributed by atoms with Gasteiger partial charge in [0, 0.05) is 25.7 Å². The molecule has 1 fully saturated rings. The third-order valence-corrected chi connectivity index (χ3v) is 5.48. The lowest BCUT2D eigenvalue weighted by atomic mass is 10.1. The van der Waals surface area contributed by atoms with Crippen molar-refractivity contribution in [2.75, 3.05) is 20.1 Å². The highest BCUT2D eigenvalue weighted by Crippen LogP contribution is 2.27. The van der Waals surface area contributed by atoms with E-state index in [9.17, 15) is 10.1 Å². The smallest absolute Gasteiger partial charge is 0.272 e. The summed E-state index contributed by atoms with van der Waals surface area (Å²) in [6.45, 7) is 1.76. The molecule has 2 heterocycles. The van der Waals surface area contributed by atoms with Gasteiger partial charge in [-0.2, -0.15) is 5.26 Å². The van der Waals surface area contributed by atoms with Crippen molar-refractivity contribution in [1.82, 2.24) is 9.80 Å². The number of amides is 1. The van der Waals surface area contributed by atoms with E-state index in [4.69, 9.17) is 9.73 Å². The molecule has 0 aromatic heterocycles. The molecule has 0 spiro atoms. The van der Waals surface area contributed by atoms with Crippen molar-refractivity contribution in [3.8, 4) is 11.8 Å². The number of rotatable bonds is 4. The first-order chi connectivity index (χ1) is 14.2. The first-order valence-corrected chi connectivity index (χ1v) is 9.99. The van der Waals surface area contributed by atoms with E-state index in [2.05, 4.69) is 11.0 Å². The van der Waals surface area contributed by atoms with Gasteiger partial charge in [0.1, 0.15) is 17.7 Å². The Morgan fingerprint density at radius 1 is 1.03 bits per heavy atom. The van der Waals surface area contributed by atoms with Crippen LogP contribution in [0.2, 0.25) is 0 Å². The number of likely N-dealkylation sites (tertiary alicyclic amines) is 1. The Balaban J connectivity index is 1.73. The molecule has 4 rings (SSSR count). The summed E-state index contributed by atoms with van der Waals surface area (Å²) in [6.07, 6.45) is 2.15. The largest absolute Gasteiger partial charge is 0.475 e. The molecule has 0 saturated carbocycles. The van der Waals surface area contributed by atoms with E-state index in [1.54, 1.807) is 30.1 Å². The van der Waals surface area contributed by atoms with E-state index in [1.165, 1.54) is 6.42 Å². The maximum Gasteiger partial charge on any atom is 0.272 e. The maximum absolute atomic E-state index is 13.4. The van der Waals surface area contributed by atoms with Gasteiger partial charge >= 0.3 is 0 Å². The van der Waals surface area contributed by atoms with Gasteiger partial charge in [-0.05, 0) is 25.0 Å². The Bertz CT molecular complexity index is 945. The highest BCUT2D eigenvalue weighted by atomic mass is 16.5. The van der Waals surface area contributed by atoms with Gasteiger partial charge < -0.3 is 4.74 Å². The molecule has 2 aromatic rings. The van der Waals surface area contributed by atoms with E-state index >= 15 is 0 Å². The molecule has 1 amide bonds. The van der Waals surface area contributed by atoms with Crippen LogP contribution >= 0.6 is 0 Å². The Labute approximate surface area is 171 Å². The Hall–Kier alpha value is -3.17. The Morgan fingerprint density at radius 2 is 1.72 bits per heavy atom. The molecule has 2 atom stereocenters. The molecule has 2 aliphatic rings. The standard InChI is InChI=1S/C23H24N4O2/c1-26-21(17-10-4-2-5-11-17)25-22(27-14-8-3-9-15-27)20(23(26)28)29-19-13-7-6-12-18(19)16-24/h2,4-7,10-13,20,22H,3,8-9,14-15H2,1H3. The van der Waals surface area contributed by atoms with Crippen molar-refractivity contribution >= 4 is 11.7 Å². The quantitative estimate of drug-likeness (QED) is 0.807.